The average molecular weight is 456 g/mol. The van der Waals surface area contributed by atoms with Crippen LogP contribution in [0.15, 0.2) is 60.8 Å². The Kier molecular flexibility index (Phi) is 6.16. The molecule has 0 saturated heterocycles. The molecular formula is C27H29N5O2. The van der Waals surface area contributed by atoms with E-state index in [1.165, 1.54) is 11.1 Å². The number of urea groups is 1. The van der Waals surface area contributed by atoms with Crippen molar-refractivity contribution in [2.75, 3.05) is 16.8 Å². The van der Waals surface area contributed by atoms with Gasteiger partial charge < -0.3 is 20.9 Å². The number of carbonyl (C=O) groups excluding carboxylic acids is 2. The molecule has 0 aliphatic carbocycles. The van der Waals surface area contributed by atoms with Gasteiger partial charge in [0.15, 0.2) is 0 Å². The number of carbonyl (C=O) groups is 2. The second kappa shape index (κ2) is 9.55. The van der Waals surface area contributed by atoms with E-state index in [1.807, 2.05) is 37.4 Å². The van der Waals surface area contributed by atoms with E-state index in [4.69, 9.17) is 0 Å². The zero-order valence-electron chi connectivity index (χ0n) is 19.3. The molecule has 0 saturated carbocycles. The van der Waals surface area contributed by atoms with Crippen molar-refractivity contribution in [3.63, 3.8) is 0 Å². The molecule has 2 aliphatic heterocycles. The van der Waals surface area contributed by atoms with Gasteiger partial charge in [-0.1, -0.05) is 42.5 Å². The number of nitrogens with zero attached hydrogens (tertiary/aromatic N) is 2. The van der Waals surface area contributed by atoms with E-state index >= 15 is 0 Å². The number of hydrogen-bond donors (Lipinski definition) is 3. The molecule has 3 amide bonds. The summed E-state index contributed by atoms with van der Waals surface area (Å²) in [6, 6.07) is 18.1. The van der Waals surface area contributed by atoms with Crippen molar-refractivity contribution in [3.05, 3.63) is 88.6 Å². The molecule has 2 aliphatic rings. The first kappa shape index (κ1) is 21.9. The third-order valence-electron chi connectivity index (χ3n) is 6.59. The topological polar surface area (TPSA) is 86.4 Å². The number of anilines is 2. The highest BCUT2D eigenvalue weighted by atomic mass is 16.2. The maximum Gasteiger partial charge on any atom is 0.315 e. The predicted octanol–water partition coefficient (Wildman–Crippen LogP) is 4.09. The summed E-state index contributed by atoms with van der Waals surface area (Å²) in [4.78, 5) is 30.9. The normalized spacial score (nSPS) is 15.6. The second-order valence-corrected chi connectivity index (χ2v) is 8.98. The Bertz CT molecular complexity index is 1210. The lowest BCUT2D eigenvalue weighted by atomic mass is 9.98. The second-order valence-electron chi connectivity index (χ2n) is 8.98. The average Bonchev–Trinajstić information content (AvgIpc) is 2.87. The number of rotatable bonds is 5. The molecule has 7 nitrogen and oxygen atoms in total. The van der Waals surface area contributed by atoms with Crippen LogP contribution in [0.5, 0.6) is 0 Å². The zero-order chi connectivity index (χ0) is 23.5. The van der Waals surface area contributed by atoms with Crippen LogP contribution in [0.1, 0.15) is 47.2 Å². The smallest absolute Gasteiger partial charge is 0.315 e. The molecule has 3 N–H and O–H groups in total. The molecular weight excluding hydrogens is 426 g/mol. The summed E-state index contributed by atoms with van der Waals surface area (Å²) in [7, 11) is 0. The Hall–Kier alpha value is -3.87. The summed E-state index contributed by atoms with van der Waals surface area (Å²) in [5, 5.41) is 8.79. The van der Waals surface area contributed by atoms with Gasteiger partial charge in [-0.2, -0.15) is 0 Å². The summed E-state index contributed by atoms with van der Waals surface area (Å²) in [5.41, 5.74) is 6.71. The van der Waals surface area contributed by atoms with E-state index in [0.717, 1.165) is 54.1 Å². The molecule has 0 spiro atoms. The maximum atomic E-state index is 12.5. The molecule has 34 heavy (non-hydrogen) atoms. The van der Waals surface area contributed by atoms with Gasteiger partial charge in [-0.3, -0.25) is 4.79 Å². The number of aromatic nitrogens is 1. The molecule has 3 heterocycles. The highest BCUT2D eigenvalue weighted by Gasteiger charge is 2.18. The summed E-state index contributed by atoms with van der Waals surface area (Å²) < 4.78 is 0. The maximum absolute atomic E-state index is 12.5. The van der Waals surface area contributed by atoms with Crippen LogP contribution < -0.4 is 20.9 Å². The van der Waals surface area contributed by atoms with Crippen molar-refractivity contribution >= 4 is 23.4 Å². The largest absolute Gasteiger partial charge is 0.352 e. The van der Waals surface area contributed by atoms with Crippen LogP contribution in [-0.2, 0) is 30.7 Å². The minimum Gasteiger partial charge on any atom is -0.352 e. The zero-order valence-corrected chi connectivity index (χ0v) is 19.3. The highest BCUT2D eigenvalue weighted by Crippen LogP contribution is 2.26. The number of aryl methyl sites for hydroxylation is 1. The number of amides is 3. The molecule has 7 heteroatoms. The lowest BCUT2D eigenvalue weighted by Gasteiger charge is -2.29. The lowest BCUT2D eigenvalue weighted by Crippen LogP contribution is -2.36. The fraction of sp³-hybridized carbons (Fsp3) is 0.296. The molecule has 0 radical (unpaired) electrons. The van der Waals surface area contributed by atoms with Crippen molar-refractivity contribution in [3.8, 4) is 0 Å². The Labute approximate surface area is 199 Å². The first-order valence-electron chi connectivity index (χ1n) is 11.8. The van der Waals surface area contributed by atoms with Gasteiger partial charge in [-0.05, 0) is 59.7 Å². The minimum absolute atomic E-state index is 0.0505. The number of hydrogen-bond acceptors (Lipinski definition) is 4. The molecule has 1 unspecified atom stereocenters. The lowest BCUT2D eigenvalue weighted by molar-refractivity contribution is -0.116. The molecule has 174 valence electrons. The summed E-state index contributed by atoms with van der Waals surface area (Å²) in [5.74, 6) is 1.01. The number of fused-ring (bicyclic) bond motifs is 2. The molecule has 2 aromatic carbocycles. The molecule has 5 rings (SSSR count). The van der Waals surface area contributed by atoms with Gasteiger partial charge in [-0.15, -0.1) is 0 Å². The first-order valence-corrected chi connectivity index (χ1v) is 11.8. The van der Waals surface area contributed by atoms with E-state index < -0.39 is 0 Å². The Morgan fingerprint density at radius 2 is 1.91 bits per heavy atom. The van der Waals surface area contributed by atoms with E-state index in [-0.39, 0.29) is 18.0 Å². The van der Waals surface area contributed by atoms with E-state index in [9.17, 15) is 9.59 Å². The standard InChI is InChI=1S/C27H29N5O2/c1-18(21-7-9-24-22(14-21)8-11-26(33)31-24)30-27(34)29-16-19-6-10-25(28-15-19)32-13-12-20-4-2-3-5-23(20)17-32/h2-7,9-10,14-15,18H,8,11-13,16-17H2,1H3,(H,31,33)(H2,29,30,34). The van der Waals surface area contributed by atoms with Gasteiger partial charge in [0.05, 0.1) is 6.04 Å². The molecule has 1 aromatic heterocycles. The van der Waals surface area contributed by atoms with Crippen LogP contribution >= 0.6 is 0 Å². The summed E-state index contributed by atoms with van der Waals surface area (Å²) in [6.45, 7) is 4.19. The van der Waals surface area contributed by atoms with E-state index in [2.05, 4.69) is 56.2 Å². The third kappa shape index (κ3) is 4.88. The quantitative estimate of drug-likeness (QED) is 0.541. The monoisotopic (exact) mass is 455 g/mol. The summed E-state index contributed by atoms with van der Waals surface area (Å²) >= 11 is 0. The molecule has 3 aromatic rings. The van der Waals surface area contributed by atoms with Crippen molar-refractivity contribution < 1.29 is 9.59 Å². The predicted molar refractivity (Wildman–Crippen MR) is 133 cm³/mol. The number of pyridine rings is 1. The Balaban J connectivity index is 1.13. The van der Waals surface area contributed by atoms with Crippen LogP contribution in [0.2, 0.25) is 0 Å². The SMILES string of the molecule is CC(NC(=O)NCc1ccc(N2CCc3ccccc3C2)nc1)c1ccc2c(c1)CCC(=O)N2. The van der Waals surface area contributed by atoms with Gasteiger partial charge in [-0.25, -0.2) is 9.78 Å². The van der Waals surface area contributed by atoms with Crippen LogP contribution in [0, 0.1) is 0 Å². The Morgan fingerprint density at radius 1 is 1.06 bits per heavy atom. The van der Waals surface area contributed by atoms with Crippen LogP contribution in [-0.4, -0.2) is 23.5 Å². The summed E-state index contributed by atoms with van der Waals surface area (Å²) in [6.07, 6.45) is 4.08. The van der Waals surface area contributed by atoms with Gasteiger partial charge >= 0.3 is 6.03 Å². The molecule has 0 fully saturated rings. The molecule has 1 atom stereocenters. The van der Waals surface area contributed by atoms with Crippen molar-refractivity contribution in [1.29, 1.82) is 0 Å². The van der Waals surface area contributed by atoms with Crippen LogP contribution in [0.3, 0.4) is 0 Å². The van der Waals surface area contributed by atoms with Crippen LogP contribution in [0.4, 0.5) is 16.3 Å². The third-order valence-corrected chi connectivity index (χ3v) is 6.59. The Morgan fingerprint density at radius 3 is 2.74 bits per heavy atom. The van der Waals surface area contributed by atoms with Gasteiger partial charge in [0.2, 0.25) is 5.91 Å². The fourth-order valence-corrected chi connectivity index (χ4v) is 4.59. The van der Waals surface area contributed by atoms with Crippen molar-refractivity contribution in [1.82, 2.24) is 15.6 Å². The number of nitrogens with one attached hydrogen (secondary N) is 3. The number of benzene rings is 2. The molecule has 0 bridgehead atoms. The van der Waals surface area contributed by atoms with Crippen molar-refractivity contribution in [2.24, 2.45) is 0 Å². The minimum atomic E-state index is -0.227. The van der Waals surface area contributed by atoms with Crippen LogP contribution in [0.25, 0.3) is 0 Å². The van der Waals surface area contributed by atoms with E-state index in [1.54, 1.807) is 0 Å². The van der Waals surface area contributed by atoms with Gasteiger partial charge in [0.25, 0.3) is 0 Å². The van der Waals surface area contributed by atoms with Gasteiger partial charge in [0, 0.05) is 37.9 Å². The van der Waals surface area contributed by atoms with Gasteiger partial charge in [0.1, 0.15) is 5.82 Å². The fourth-order valence-electron chi connectivity index (χ4n) is 4.59. The highest BCUT2D eigenvalue weighted by molar-refractivity contribution is 5.93. The first-order chi connectivity index (χ1) is 16.5. The van der Waals surface area contributed by atoms with E-state index in [0.29, 0.717) is 13.0 Å². The van der Waals surface area contributed by atoms with Crippen molar-refractivity contribution in [2.45, 2.75) is 45.3 Å².